The SMILES string of the molecule is CC(C)(C)C1CCc2c(sc(NC(=O)CSc3cccc(NC(=O)/C(=C\c4ccc(F)cc4)NC(=O)c4ccccc4)c3)c2C#N)C1. The lowest BCUT2D eigenvalue weighted by Crippen LogP contribution is -2.30. The summed E-state index contributed by atoms with van der Waals surface area (Å²) < 4.78 is 13.5. The van der Waals surface area contributed by atoms with Gasteiger partial charge in [-0.2, -0.15) is 5.26 Å². The van der Waals surface area contributed by atoms with E-state index < -0.39 is 17.6 Å². The molecule has 240 valence electrons. The average Bonchev–Trinajstić information content (AvgIpc) is 3.40. The van der Waals surface area contributed by atoms with Gasteiger partial charge in [0.1, 0.15) is 22.6 Å². The Morgan fingerprint density at radius 1 is 1.02 bits per heavy atom. The van der Waals surface area contributed by atoms with Gasteiger partial charge in [0.05, 0.1) is 11.3 Å². The van der Waals surface area contributed by atoms with Crippen LogP contribution in [-0.2, 0) is 22.4 Å². The third kappa shape index (κ3) is 8.76. The third-order valence-electron chi connectivity index (χ3n) is 8.03. The lowest BCUT2D eigenvalue weighted by Gasteiger charge is -2.33. The van der Waals surface area contributed by atoms with Gasteiger partial charge in [-0.15, -0.1) is 23.1 Å². The zero-order valence-corrected chi connectivity index (χ0v) is 28.0. The van der Waals surface area contributed by atoms with E-state index in [9.17, 15) is 24.0 Å². The number of nitriles is 1. The van der Waals surface area contributed by atoms with Crippen molar-refractivity contribution in [2.24, 2.45) is 11.3 Å². The Balaban J connectivity index is 1.24. The van der Waals surface area contributed by atoms with E-state index in [1.54, 1.807) is 48.5 Å². The van der Waals surface area contributed by atoms with Gasteiger partial charge in [-0.3, -0.25) is 14.4 Å². The minimum absolute atomic E-state index is 0.0244. The van der Waals surface area contributed by atoms with Gasteiger partial charge in [-0.1, -0.05) is 57.2 Å². The molecule has 1 heterocycles. The summed E-state index contributed by atoms with van der Waals surface area (Å²) >= 11 is 2.81. The fourth-order valence-corrected chi connectivity index (χ4v) is 7.42. The van der Waals surface area contributed by atoms with Crippen LogP contribution in [0.2, 0.25) is 0 Å². The number of halogens is 1. The Morgan fingerprint density at radius 2 is 1.77 bits per heavy atom. The predicted molar refractivity (Wildman–Crippen MR) is 187 cm³/mol. The van der Waals surface area contributed by atoms with Crippen molar-refractivity contribution in [3.05, 3.63) is 118 Å². The molecule has 0 spiro atoms. The molecule has 0 fully saturated rings. The number of rotatable bonds is 9. The maximum atomic E-state index is 13.5. The molecule has 0 radical (unpaired) electrons. The highest BCUT2D eigenvalue weighted by Crippen LogP contribution is 2.44. The zero-order valence-electron chi connectivity index (χ0n) is 26.4. The third-order valence-corrected chi connectivity index (χ3v) is 10.2. The summed E-state index contributed by atoms with van der Waals surface area (Å²) in [5.41, 5.74) is 3.16. The van der Waals surface area contributed by atoms with Crippen molar-refractivity contribution in [2.75, 3.05) is 16.4 Å². The first-order chi connectivity index (χ1) is 22.5. The van der Waals surface area contributed by atoms with Crippen molar-refractivity contribution in [1.82, 2.24) is 5.32 Å². The Labute approximate surface area is 282 Å². The van der Waals surface area contributed by atoms with Gasteiger partial charge < -0.3 is 16.0 Å². The van der Waals surface area contributed by atoms with Gasteiger partial charge in [0.2, 0.25) is 5.91 Å². The second kappa shape index (κ2) is 14.8. The van der Waals surface area contributed by atoms with Gasteiger partial charge >= 0.3 is 0 Å². The number of anilines is 2. The molecular weight excluding hydrogens is 632 g/mol. The Morgan fingerprint density at radius 3 is 2.47 bits per heavy atom. The molecule has 1 aliphatic rings. The van der Waals surface area contributed by atoms with Gasteiger partial charge in [0.25, 0.3) is 11.8 Å². The number of thiophene rings is 1. The summed E-state index contributed by atoms with van der Waals surface area (Å²) in [5.74, 6) is -1.04. The normalized spacial score (nSPS) is 14.4. The highest BCUT2D eigenvalue weighted by atomic mass is 32.2. The standard InChI is InChI=1S/C37H35FN4O3S2/c1-37(2,3)25-14-17-29-30(21-39)36(47-32(29)19-25)42-33(43)22-46-28-11-7-10-27(20-28)40-35(45)31(18-23-12-15-26(38)16-13-23)41-34(44)24-8-5-4-6-9-24/h4-13,15-16,18,20,25H,14,17,19,22H2,1-3H3,(H,40,45)(H,41,44)(H,42,43)/b31-18+. The highest BCUT2D eigenvalue weighted by molar-refractivity contribution is 8.00. The van der Waals surface area contributed by atoms with Crippen molar-refractivity contribution in [2.45, 2.75) is 44.9 Å². The number of benzene rings is 3. The van der Waals surface area contributed by atoms with Gasteiger partial charge in [-0.05, 0) is 90.3 Å². The van der Waals surface area contributed by atoms with Crippen molar-refractivity contribution in [3.63, 3.8) is 0 Å². The van der Waals surface area contributed by atoms with Crippen LogP contribution in [0, 0.1) is 28.5 Å². The molecule has 0 saturated heterocycles. The molecule has 0 aliphatic heterocycles. The van der Waals surface area contributed by atoms with Gasteiger partial charge in [0, 0.05) is 21.0 Å². The van der Waals surface area contributed by atoms with E-state index in [1.165, 1.54) is 58.3 Å². The number of fused-ring (bicyclic) bond motifs is 1. The van der Waals surface area contributed by atoms with Crippen molar-refractivity contribution in [3.8, 4) is 6.07 Å². The van der Waals surface area contributed by atoms with Crippen LogP contribution in [0.15, 0.2) is 89.5 Å². The average molecular weight is 667 g/mol. The molecule has 3 amide bonds. The quantitative estimate of drug-likeness (QED) is 0.124. The lowest BCUT2D eigenvalue weighted by atomic mass is 9.72. The summed E-state index contributed by atoms with van der Waals surface area (Å²) in [6, 6.07) is 23.4. The minimum atomic E-state index is -0.571. The topological polar surface area (TPSA) is 111 Å². The van der Waals surface area contributed by atoms with Crippen LogP contribution in [-0.4, -0.2) is 23.5 Å². The first-order valence-electron chi connectivity index (χ1n) is 15.2. The van der Waals surface area contributed by atoms with Gasteiger partial charge in [0.15, 0.2) is 0 Å². The number of thioether (sulfide) groups is 1. The molecule has 10 heteroatoms. The monoisotopic (exact) mass is 666 g/mol. The second-order valence-electron chi connectivity index (χ2n) is 12.4. The predicted octanol–water partition coefficient (Wildman–Crippen LogP) is 8.05. The molecule has 0 saturated carbocycles. The first kappa shape index (κ1) is 33.6. The first-order valence-corrected chi connectivity index (χ1v) is 17.0. The second-order valence-corrected chi connectivity index (χ2v) is 14.5. The number of amides is 3. The molecule has 3 aromatic carbocycles. The summed E-state index contributed by atoms with van der Waals surface area (Å²) in [7, 11) is 0. The number of carbonyl (C=O) groups excluding carboxylic acids is 3. The maximum absolute atomic E-state index is 13.5. The minimum Gasteiger partial charge on any atom is -0.321 e. The van der Waals surface area contributed by atoms with Crippen molar-refractivity contribution < 1.29 is 18.8 Å². The Kier molecular flexibility index (Phi) is 10.6. The van der Waals surface area contributed by atoms with Crippen molar-refractivity contribution in [1.29, 1.82) is 5.26 Å². The number of nitrogens with one attached hydrogen (secondary N) is 3. The smallest absolute Gasteiger partial charge is 0.272 e. The molecule has 1 atom stereocenters. The van der Waals surface area contributed by atoms with E-state index in [2.05, 4.69) is 42.8 Å². The molecule has 1 unspecified atom stereocenters. The summed E-state index contributed by atoms with van der Waals surface area (Å²) in [4.78, 5) is 41.2. The van der Waals surface area contributed by atoms with E-state index >= 15 is 0 Å². The Hall–Kier alpha value is -4.72. The number of hydrogen-bond acceptors (Lipinski definition) is 6. The van der Waals surface area contributed by atoms with E-state index in [0.29, 0.717) is 33.3 Å². The lowest BCUT2D eigenvalue weighted by molar-refractivity contribution is -0.114. The van der Waals surface area contributed by atoms with Crippen LogP contribution in [0.3, 0.4) is 0 Å². The molecule has 5 rings (SSSR count). The molecule has 0 bridgehead atoms. The highest BCUT2D eigenvalue weighted by Gasteiger charge is 2.32. The van der Waals surface area contributed by atoms with E-state index in [4.69, 9.17) is 0 Å². The van der Waals surface area contributed by atoms with Crippen LogP contribution in [0.5, 0.6) is 0 Å². The fraction of sp³-hybridized carbons (Fsp3) is 0.243. The van der Waals surface area contributed by atoms with Crippen LogP contribution in [0.1, 0.15) is 59.1 Å². The molecule has 1 aromatic heterocycles. The molecule has 7 nitrogen and oxygen atoms in total. The fourth-order valence-electron chi connectivity index (χ4n) is 5.37. The molecule has 4 aromatic rings. The van der Waals surface area contributed by atoms with Crippen LogP contribution in [0.4, 0.5) is 15.1 Å². The zero-order chi connectivity index (χ0) is 33.6. The van der Waals surface area contributed by atoms with Crippen molar-refractivity contribution >= 4 is 57.6 Å². The van der Waals surface area contributed by atoms with Gasteiger partial charge in [-0.25, -0.2) is 4.39 Å². The number of nitrogens with zero attached hydrogens (tertiary/aromatic N) is 1. The van der Waals surface area contributed by atoms with E-state index in [1.807, 2.05) is 6.07 Å². The van der Waals surface area contributed by atoms with Crippen LogP contribution in [0.25, 0.3) is 6.08 Å². The van der Waals surface area contributed by atoms with Crippen LogP contribution < -0.4 is 16.0 Å². The molecule has 3 N–H and O–H groups in total. The maximum Gasteiger partial charge on any atom is 0.272 e. The number of hydrogen-bond donors (Lipinski definition) is 3. The van der Waals surface area contributed by atoms with Crippen LogP contribution >= 0.6 is 23.1 Å². The molecule has 1 aliphatic carbocycles. The summed E-state index contributed by atoms with van der Waals surface area (Å²) in [6.45, 7) is 6.74. The summed E-state index contributed by atoms with van der Waals surface area (Å²) in [6.07, 6.45) is 4.26. The molecule has 47 heavy (non-hydrogen) atoms. The molecular formula is C37H35FN4O3S2. The van der Waals surface area contributed by atoms with E-state index in [-0.39, 0.29) is 22.8 Å². The number of carbonyl (C=O) groups is 3. The van der Waals surface area contributed by atoms with E-state index in [0.717, 1.165) is 29.7 Å². The Bertz CT molecular complexity index is 1860. The summed E-state index contributed by atoms with van der Waals surface area (Å²) in [5, 5.41) is 18.9. The largest absolute Gasteiger partial charge is 0.321 e.